The van der Waals surface area contributed by atoms with Crippen molar-refractivity contribution in [1.82, 2.24) is 5.53 Å². The molecular formula is C6H10IN3. The summed E-state index contributed by atoms with van der Waals surface area (Å²) in [5, 5.41) is 0. The van der Waals surface area contributed by atoms with Crippen LogP contribution in [0.15, 0.2) is 24.3 Å². The molecule has 1 aromatic rings. The summed E-state index contributed by atoms with van der Waals surface area (Å²) in [7, 11) is 0. The average Bonchev–Trinajstić information content (AvgIpc) is 2.33. The van der Waals surface area contributed by atoms with Crippen molar-refractivity contribution in [1.29, 1.82) is 0 Å². The minimum atomic E-state index is 0. The summed E-state index contributed by atoms with van der Waals surface area (Å²) in [6.45, 7) is 0. The maximum absolute atomic E-state index is 2.94. The van der Waals surface area contributed by atoms with Gasteiger partial charge in [-0.25, -0.2) is 0 Å². The van der Waals surface area contributed by atoms with Crippen molar-refractivity contribution in [3.8, 4) is 0 Å². The molecule has 0 atom stereocenters. The monoisotopic (exact) mass is 251 g/mol. The van der Waals surface area contributed by atoms with Crippen LogP contribution in [0, 0.1) is 0 Å². The highest BCUT2D eigenvalue weighted by Crippen LogP contribution is 2.21. The number of hydrogen-bond acceptors (Lipinski definition) is 3. The van der Waals surface area contributed by atoms with Crippen LogP contribution in [0.2, 0.25) is 0 Å². The van der Waals surface area contributed by atoms with Gasteiger partial charge in [-0.15, -0.1) is 29.5 Å². The smallest absolute Gasteiger partial charge is 0.0750 e. The third-order valence-electron chi connectivity index (χ3n) is 1.32. The van der Waals surface area contributed by atoms with Crippen LogP contribution in [-0.4, -0.2) is 0 Å². The molecule has 0 aliphatic carbocycles. The second-order valence-corrected chi connectivity index (χ2v) is 1.92. The molecule has 1 aromatic carbocycles. The van der Waals surface area contributed by atoms with E-state index in [4.69, 9.17) is 0 Å². The maximum atomic E-state index is 2.94. The number of benzene rings is 1. The molecule has 1 aliphatic heterocycles. The Morgan fingerprint density at radius 3 is 2.00 bits per heavy atom. The minimum absolute atomic E-state index is 0. The zero-order valence-corrected chi connectivity index (χ0v) is 7.55. The normalized spacial score (nSPS) is 12.4. The second kappa shape index (κ2) is 3.07. The SMILES string of the molecule is I.[HH].c1ccc2c(c1)NNN2. The van der Waals surface area contributed by atoms with Crippen molar-refractivity contribution in [2.45, 2.75) is 0 Å². The van der Waals surface area contributed by atoms with E-state index in [1.165, 1.54) is 0 Å². The third-order valence-corrected chi connectivity index (χ3v) is 1.32. The Morgan fingerprint density at radius 2 is 1.50 bits per heavy atom. The molecule has 1 aliphatic rings. The number of anilines is 2. The molecule has 10 heavy (non-hydrogen) atoms. The molecular weight excluding hydrogens is 241 g/mol. The van der Waals surface area contributed by atoms with Crippen LogP contribution in [0.4, 0.5) is 11.4 Å². The number of hydrogen-bond donors (Lipinski definition) is 3. The van der Waals surface area contributed by atoms with Gasteiger partial charge in [0.1, 0.15) is 0 Å². The summed E-state index contributed by atoms with van der Waals surface area (Å²) >= 11 is 0. The van der Waals surface area contributed by atoms with Gasteiger partial charge in [0.25, 0.3) is 0 Å². The zero-order chi connectivity index (χ0) is 6.10. The van der Waals surface area contributed by atoms with Crippen molar-refractivity contribution in [2.24, 2.45) is 0 Å². The summed E-state index contributed by atoms with van der Waals surface area (Å²) in [5.74, 6) is 0. The molecule has 3 N–H and O–H groups in total. The van der Waals surface area contributed by atoms with Gasteiger partial charge in [-0.2, -0.15) is 0 Å². The van der Waals surface area contributed by atoms with Gasteiger partial charge in [0.2, 0.25) is 0 Å². The van der Waals surface area contributed by atoms with Crippen molar-refractivity contribution >= 4 is 35.4 Å². The lowest BCUT2D eigenvalue weighted by Crippen LogP contribution is -2.19. The number of fused-ring (bicyclic) bond motifs is 1. The summed E-state index contributed by atoms with van der Waals surface area (Å²) in [6, 6.07) is 7.98. The van der Waals surface area contributed by atoms with E-state index in [0.29, 0.717) is 0 Å². The fourth-order valence-corrected chi connectivity index (χ4v) is 0.867. The van der Waals surface area contributed by atoms with Crippen LogP contribution in [0.1, 0.15) is 1.43 Å². The van der Waals surface area contributed by atoms with Crippen LogP contribution in [-0.2, 0) is 0 Å². The maximum Gasteiger partial charge on any atom is 0.0750 e. The highest BCUT2D eigenvalue weighted by Gasteiger charge is 2.04. The van der Waals surface area contributed by atoms with Gasteiger partial charge in [-0.05, 0) is 12.1 Å². The molecule has 0 saturated carbocycles. The molecule has 0 unspecified atom stereocenters. The van der Waals surface area contributed by atoms with E-state index in [0.717, 1.165) is 11.4 Å². The van der Waals surface area contributed by atoms with Gasteiger partial charge in [-0.3, -0.25) is 0 Å². The van der Waals surface area contributed by atoms with E-state index in [9.17, 15) is 0 Å². The topological polar surface area (TPSA) is 36.1 Å². The lowest BCUT2D eigenvalue weighted by molar-refractivity contribution is 1.01. The fourth-order valence-electron chi connectivity index (χ4n) is 0.867. The predicted molar refractivity (Wildman–Crippen MR) is 54.4 cm³/mol. The van der Waals surface area contributed by atoms with Crippen LogP contribution < -0.4 is 16.4 Å². The number of hydrazine groups is 2. The minimum Gasteiger partial charge on any atom is -0.302 e. The quantitative estimate of drug-likeness (QED) is 0.615. The first-order valence-corrected chi connectivity index (χ1v) is 2.83. The lowest BCUT2D eigenvalue weighted by Gasteiger charge is -1.91. The first-order valence-electron chi connectivity index (χ1n) is 2.83. The summed E-state index contributed by atoms with van der Waals surface area (Å²) < 4.78 is 0. The van der Waals surface area contributed by atoms with E-state index in [2.05, 4.69) is 16.4 Å². The summed E-state index contributed by atoms with van der Waals surface area (Å²) in [4.78, 5) is 0. The molecule has 0 fully saturated rings. The van der Waals surface area contributed by atoms with Gasteiger partial charge in [0.05, 0.1) is 11.4 Å². The lowest BCUT2D eigenvalue weighted by atomic mass is 10.3. The average molecular weight is 251 g/mol. The Hall–Kier alpha value is -0.490. The summed E-state index contributed by atoms with van der Waals surface area (Å²) in [5.41, 5.74) is 10.9. The van der Waals surface area contributed by atoms with Crippen LogP contribution >= 0.6 is 24.0 Å². The molecule has 0 radical (unpaired) electrons. The molecule has 0 amide bonds. The summed E-state index contributed by atoms with van der Waals surface area (Å²) in [6.07, 6.45) is 0. The molecule has 2 rings (SSSR count). The van der Waals surface area contributed by atoms with E-state index in [-0.39, 0.29) is 25.4 Å². The molecule has 0 bridgehead atoms. The van der Waals surface area contributed by atoms with Gasteiger partial charge in [-0.1, -0.05) is 12.1 Å². The van der Waals surface area contributed by atoms with Gasteiger partial charge in [0, 0.05) is 1.43 Å². The van der Waals surface area contributed by atoms with Crippen LogP contribution in [0.3, 0.4) is 0 Å². The second-order valence-electron chi connectivity index (χ2n) is 1.92. The zero-order valence-electron chi connectivity index (χ0n) is 5.22. The molecule has 4 heteroatoms. The Kier molecular flexibility index (Phi) is 2.34. The molecule has 3 nitrogen and oxygen atoms in total. The van der Waals surface area contributed by atoms with E-state index in [1.54, 1.807) is 0 Å². The number of para-hydroxylation sites is 2. The van der Waals surface area contributed by atoms with Crippen molar-refractivity contribution in [3.05, 3.63) is 24.3 Å². The van der Waals surface area contributed by atoms with E-state index < -0.39 is 0 Å². The highest BCUT2D eigenvalue weighted by molar-refractivity contribution is 14.0. The Morgan fingerprint density at radius 1 is 1.00 bits per heavy atom. The highest BCUT2D eigenvalue weighted by atomic mass is 127. The third kappa shape index (κ3) is 1.17. The molecule has 1 heterocycles. The van der Waals surface area contributed by atoms with Crippen LogP contribution in [0.25, 0.3) is 0 Å². The van der Waals surface area contributed by atoms with E-state index >= 15 is 0 Å². The Labute approximate surface area is 77.6 Å². The molecule has 0 spiro atoms. The number of halogens is 1. The molecule has 0 saturated heterocycles. The van der Waals surface area contributed by atoms with Crippen molar-refractivity contribution in [2.75, 3.05) is 10.9 Å². The Bertz CT molecular complexity index is 208. The first kappa shape index (κ1) is 7.62. The van der Waals surface area contributed by atoms with Crippen molar-refractivity contribution in [3.63, 3.8) is 0 Å². The van der Waals surface area contributed by atoms with Crippen LogP contribution in [0.5, 0.6) is 0 Å². The number of rotatable bonds is 0. The Balaban J connectivity index is 0.000000500. The van der Waals surface area contributed by atoms with Crippen molar-refractivity contribution < 1.29 is 1.43 Å². The van der Waals surface area contributed by atoms with Gasteiger partial charge >= 0.3 is 0 Å². The van der Waals surface area contributed by atoms with Gasteiger partial charge < -0.3 is 10.9 Å². The largest absolute Gasteiger partial charge is 0.302 e. The molecule has 56 valence electrons. The predicted octanol–water partition coefficient (Wildman–Crippen LogP) is 1.81. The van der Waals surface area contributed by atoms with Gasteiger partial charge in [0.15, 0.2) is 0 Å². The standard InChI is InChI=1S/C6H7N3.HI.H2/c1-2-4-6-5(3-1)7-9-8-6;;/h1-4,7-9H;2*1H. The fraction of sp³-hybridized carbons (Fsp3) is 0. The molecule has 0 aromatic heterocycles. The van der Waals surface area contributed by atoms with E-state index in [1.807, 2.05) is 24.3 Å². The first-order chi connectivity index (χ1) is 4.47. The number of nitrogens with one attached hydrogen (secondary N) is 3.